The van der Waals surface area contributed by atoms with Crippen molar-refractivity contribution in [3.63, 3.8) is 0 Å². The molecule has 1 aliphatic heterocycles. The molecule has 7 heteroatoms. The minimum atomic E-state index is -0.0921. The van der Waals surface area contributed by atoms with Crippen LogP contribution < -0.4 is 10.5 Å². The number of rotatable bonds is 3. The SMILES string of the molecule is CC(C)(C)c1cc(=O)n(CC2CCN(c3cnsn3)CC2)cn1. The number of aromatic nitrogens is 4. The van der Waals surface area contributed by atoms with E-state index in [1.807, 2.05) is 6.20 Å². The molecule has 3 heterocycles. The van der Waals surface area contributed by atoms with Gasteiger partial charge in [0, 0.05) is 31.1 Å². The van der Waals surface area contributed by atoms with Gasteiger partial charge in [0.15, 0.2) is 5.82 Å². The van der Waals surface area contributed by atoms with Gasteiger partial charge in [0.05, 0.1) is 29.9 Å². The highest BCUT2D eigenvalue weighted by atomic mass is 32.1. The first-order chi connectivity index (χ1) is 10.9. The lowest BCUT2D eigenvalue weighted by atomic mass is 9.92. The van der Waals surface area contributed by atoms with Gasteiger partial charge in [0.25, 0.3) is 5.56 Å². The standard InChI is InChI=1S/C16H23N5OS/c1-16(2,3)13-8-15(22)21(11-17-13)10-12-4-6-20(7-5-12)14-9-18-23-19-14/h8-9,11-12H,4-7,10H2,1-3H3. The van der Waals surface area contributed by atoms with Crippen molar-refractivity contribution in [1.82, 2.24) is 18.3 Å². The molecular formula is C16H23N5OS. The lowest BCUT2D eigenvalue weighted by Gasteiger charge is -2.32. The third kappa shape index (κ3) is 3.77. The molecule has 0 aliphatic carbocycles. The Labute approximate surface area is 140 Å². The summed E-state index contributed by atoms with van der Waals surface area (Å²) in [6.07, 6.45) is 5.65. The molecule has 124 valence electrons. The summed E-state index contributed by atoms with van der Waals surface area (Å²) in [4.78, 5) is 19.0. The molecule has 2 aromatic rings. The molecule has 2 aromatic heterocycles. The van der Waals surface area contributed by atoms with Gasteiger partial charge in [-0.05, 0) is 18.8 Å². The van der Waals surface area contributed by atoms with Crippen LogP contribution in [0.3, 0.4) is 0 Å². The number of hydrogen-bond acceptors (Lipinski definition) is 6. The van der Waals surface area contributed by atoms with Crippen LogP contribution in [0.4, 0.5) is 5.82 Å². The molecule has 1 aliphatic rings. The molecule has 1 fully saturated rings. The maximum Gasteiger partial charge on any atom is 0.253 e. The predicted molar refractivity (Wildman–Crippen MR) is 92.0 cm³/mol. The summed E-state index contributed by atoms with van der Waals surface area (Å²) in [7, 11) is 0. The number of anilines is 1. The second-order valence-corrected chi connectivity index (χ2v) is 7.77. The van der Waals surface area contributed by atoms with E-state index in [2.05, 4.69) is 39.4 Å². The molecule has 0 saturated carbocycles. The van der Waals surface area contributed by atoms with E-state index in [0.717, 1.165) is 44.0 Å². The van der Waals surface area contributed by atoms with Crippen LogP contribution in [0.15, 0.2) is 23.4 Å². The number of hydrogen-bond donors (Lipinski definition) is 0. The zero-order valence-electron chi connectivity index (χ0n) is 13.9. The van der Waals surface area contributed by atoms with Crippen LogP contribution in [0.5, 0.6) is 0 Å². The molecule has 1 saturated heterocycles. The molecule has 0 radical (unpaired) electrons. The summed E-state index contributed by atoms with van der Waals surface area (Å²) in [5.41, 5.74) is 0.811. The van der Waals surface area contributed by atoms with Crippen LogP contribution in [0.1, 0.15) is 39.3 Å². The van der Waals surface area contributed by atoms with Crippen LogP contribution >= 0.6 is 11.7 Å². The Bertz CT molecular complexity index is 696. The smallest absolute Gasteiger partial charge is 0.253 e. The van der Waals surface area contributed by atoms with Gasteiger partial charge in [-0.25, -0.2) is 4.98 Å². The Morgan fingerprint density at radius 1 is 1.30 bits per heavy atom. The fraction of sp³-hybridized carbons (Fsp3) is 0.625. The molecular weight excluding hydrogens is 310 g/mol. The highest BCUT2D eigenvalue weighted by molar-refractivity contribution is 6.99. The summed E-state index contributed by atoms with van der Waals surface area (Å²) < 4.78 is 10.1. The van der Waals surface area contributed by atoms with Gasteiger partial charge < -0.3 is 4.90 Å². The largest absolute Gasteiger partial charge is 0.354 e. The molecule has 0 spiro atoms. The Morgan fingerprint density at radius 2 is 2.04 bits per heavy atom. The van der Waals surface area contributed by atoms with Crippen molar-refractivity contribution in [2.24, 2.45) is 5.92 Å². The highest BCUT2D eigenvalue weighted by Crippen LogP contribution is 2.23. The van der Waals surface area contributed by atoms with Crippen molar-refractivity contribution < 1.29 is 0 Å². The maximum atomic E-state index is 12.3. The van der Waals surface area contributed by atoms with Crippen LogP contribution in [-0.2, 0) is 12.0 Å². The van der Waals surface area contributed by atoms with Gasteiger partial charge in [-0.15, -0.1) is 0 Å². The average Bonchev–Trinajstić information content (AvgIpc) is 3.03. The van der Waals surface area contributed by atoms with Crippen LogP contribution in [-0.4, -0.2) is 31.4 Å². The predicted octanol–water partition coefficient (Wildman–Crippen LogP) is 2.31. The first-order valence-electron chi connectivity index (χ1n) is 8.03. The summed E-state index contributed by atoms with van der Waals surface area (Å²) in [6.45, 7) is 8.91. The van der Waals surface area contributed by atoms with Gasteiger partial charge in [-0.1, -0.05) is 20.8 Å². The van der Waals surface area contributed by atoms with E-state index >= 15 is 0 Å². The van der Waals surface area contributed by atoms with E-state index < -0.39 is 0 Å². The first kappa shape index (κ1) is 16.1. The van der Waals surface area contributed by atoms with Gasteiger partial charge in [-0.3, -0.25) is 9.36 Å². The molecule has 0 bridgehead atoms. The second-order valence-electron chi connectivity index (χ2n) is 7.21. The Hall–Kier alpha value is -1.76. The van der Waals surface area contributed by atoms with Crippen molar-refractivity contribution in [2.45, 2.75) is 45.6 Å². The molecule has 0 aromatic carbocycles. The third-order valence-electron chi connectivity index (χ3n) is 4.39. The fourth-order valence-corrected chi connectivity index (χ4v) is 3.33. The molecule has 0 unspecified atom stereocenters. The zero-order chi connectivity index (χ0) is 16.4. The van der Waals surface area contributed by atoms with Crippen LogP contribution in [0.25, 0.3) is 0 Å². The quantitative estimate of drug-likeness (QED) is 0.862. The maximum absolute atomic E-state index is 12.3. The molecule has 0 atom stereocenters. The molecule has 0 N–H and O–H groups in total. The lowest BCUT2D eigenvalue weighted by molar-refractivity contribution is 0.349. The zero-order valence-corrected chi connectivity index (χ0v) is 14.7. The van der Waals surface area contributed by atoms with E-state index in [0.29, 0.717) is 5.92 Å². The summed E-state index contributed by atoms with van der Waals surface area (Å²) in [5.74, 6) is 1.49. The van der Waals surface area contributed by atoms with Crippen molar-refractivity contribution in [1.29, 1.82) is 0 Å². The molecule has 3 rings (SSSR count). The second kappa shape index (κ2) is 6.39. The van der Waals surface area contributed by atoms with E-state index in [1.54, 1.807) is 17.0 Å². The summed E-state index contributed by atoms with van der Waals surface area (Å²) in [6, 6.07) is 1.68. The molecule has 23 heavy (non-hydrogen) atoms. The van der Waals surface area contributed by atoms with Gasteiger partial charge in [-0.2, -0.15) is 8.75 Å². The topological polar surface area (TPSA) is 63.9 Å². The minimum Gasteiger partial charge on any atom is -0.354 e. The van der Waals surface area contributed by atoms with Crippen molar-refractivity contribution in [3.05, 3.63) is 34.6 Å². The van der Waals surface area contributed by atoms with E-state index in [4.69, 9.17) is 0 Å². The number of piperidine rings is 1. The Balaban J connectivity index is 1.62. The Kier molecular flexibility index (Phi) is 4.48. The minimum absolute atomic E-state index is 0.0519. The van der Waals surface area contributed by atoms with E-state index in [-0.39, 0.29) is 11.0 Å². The van der Waals surface area contributed by atoms with Crippen LogP contribution in [0, 0.1) is 5.92 Å². The van der Waals surface area contributed by atoms with Gasteiger partial charge in [0.1, 0.15) is 0 Å². The third-order valence-corrected chi connectivity index (χ3v) is 4.86. The monoisotopic (exact) mass is 333 g/mol. The molecule has 0 amide bonds. The Morgan fingerprint density at radius 3 is 2.61 bits per heavy atom. The van der Waals surface area contributed by atoms with Crippen molar-refractivity contribution >= 4 is 17.5 Å². The number of nitrogens with zero attached hydrogens (tertiary/aromatic N) is 5. The highest BCUT2D eigenvalue weighted by Gasteiger charge is 2.22. The van der Waals surface area contributed by atoms with Gasteiger partial charge >= 0.3 is 0 Å². The van der Waals surface area contributed by atoms with Gasteiger partial charge in [0.2, 0.25) is 0 Å². The average molecular weight is 333 g/mol. The molecule has 6 nitrogen and oxygen atoms in total. The lowest BCUT2D eigenvalue weighted by Crippen LogP contribution is -2.36. The van der Waals surface area contributed by atoms with Crippen molar-refractivity contribution in [3.8, 4) is 0 Å². The van der Waals surface area contributed by atoms with E-state index in [9.17, 15) is 4.79 Å². The van der Waals surface area contributed by atoms with Crippen molar-refractivity contribution in [2.75, 3.05) is 18.0 Å². The van der Waals surface area contributed by atoms with Crippen LogP contribution in [0.2, 0.25) is 0 Å². The fourth-order valence-electron chi connectivity index (χ4n) is 2.90. The first-order valence-corrected chi connectivity index (χ1v) is 8.76. The summed E-state index contributed by atoms with van der Waals surface area (Å²) in [5, 5.41) is 0. The normalized spacial score (nSPS) is 16.7. The van der Waals surface area contributed by atoms with E-state index in [1.165, 1.54) is 11.7 Å². The summed E-state index contributed by atoms with van der Waals surface area (Å²) >= 11 is 1.25.